The van der Waals surface area contributed by atoms with E-state index in [1.54, 1.807) is 6.92 Å². The molecule has 0 unspecified atom stereocenters. The van der Waals surface area contributed by atoms with Gasteiger partial charge in [-0.1, -0.05) is 19.3 Å². The number of nitrogens with zero attached hydrogens (tertiary/aromatic N) is 1. The van der Waals surface area contributed by atoms with E-state index in [9.17, 15) is 13.2 Å². The molecule has 1 aromatic rings. The molecule has 1 aliphatic carbocycles. The zero-order valence-corrected chi connectivity index (χ0v) is 12.9. The van der Waals surface area contributed by atoms with E-state index in [4.69, 9.17) is 5.11 Å². The fourth-order valence-electron chi connectivity index (χ4n) is 2.38. The van der Waals surface area contributed by atoms with Crippen molar-refractivity contribution in [3.05, 3.63) is 15.6 Å². The van der Waals surface area contributed by atoms with Crippen LogP contribution in [0.25, 0.3) is 0 Å². The molecule has 0 atom stereocenters. The molecule has 8 heteroatoms. The summed E-state index contributed by atoms with van der Waals surface area (Å²) < 4.78 is 26.8. The number of rotatable bonds is 5. The number of hydrogen-bond donors (Lipinski definition) is 2. The van der Waals surface area contributed by atoms with Gasteiger partial charge in [-0.2, -0.15) is 0 Å². The molecule has 1 aromatic heterocycles. The van der Waals surface area contributed by atoms with E-state index in [1.807, 2.05) is 0 Å². The second-order valence-electron chi connectivity index (χ2n) is 4.95. The van der Waals surface area contributed by atoms with Crippen molar-refractivity contribution in [1.82, 2.24) is 9.71 Å². The van der Waals surface area contributed by atoms with Crippen LogP contribution >= 0.6 is 11.3 Å². The first-order chi connectivity index (χ1) is 9.40. The van der Waals surface area contributed by atoms with Crippen LogP contribution in [-0.4, -0.2) is 29.7 Å². The number of aryl methyl sites for hydroxylation is 1. The first-order valence-electron chi connectivity index (χ1n) is 6.58. The summed E-state index contributed by atoms with van der Waals surface area (Å²) in [5, 5.41) is 9.11. The molecule has 2 N–H and O–H groups in total. The number of carbonyl (C=O) groups is 1. The highest BCUT2D eigenvalue weighted by Gasteiger charge is 2.27. The fraction of sp³-hybridized carbons (Fsp3) is 0.667. The normalized spacial score (nSPS) is 17.2. The second kappa shape index (κ2) is 6.19. The quantitative estimate of drug-likeness (QED) is 0.864. The van der Waals surface area contributed by atoms with Crippen molar-refractivity contribution in [3.8, 4) is 0 Å². The summed E-state index contributed by atoms with van der Waals surface area (Å²) in [5.74, 6) is -1.03. The molecule has 0 aliphatic heterocycles. The highest BCUT2D eigenvalue weighted by Crippen LogP contribution is 2.24. The van der Waals surface area contributed by atoms with Gasteiger partial charge in [0.2, 0.25) is 10.0 Å². The van der Waals surface area contributed by atoms with Gasteiger partial charge in [0, 0.05) is 0 Å². The highest BCUT2D eigenvalue weighted by atomic mass is 32.2. The van der Waals surface area contributed by atoms with Crippen LogP contribution < -0.4 is 4.72 Å². The molecule has 0 spiro atoms. The molecule has 0 amide bonds. The fourth-order valence-corrected chi connectivity index (χ4v) is 4.84. The molecule has 1 heterocycles. The van der Waals surface area contributed by atoms with Crippen LogP contribution in [0, 0.1) is 6.92 Å². The summed E-state index contributed by atoms with van der Waals surface area (Å²) in [6.45, 7) is 1.68. The van der Waals surface area contributed by atoms with Crippen molar-refractivity contribution in [1.29, 1.82) is 0 Å². The molecular weight excluding hydrogens is 300 g/mol. The topological polar surface area (TPSA) is 96.4 Å². The van der Waals surface area contributed by atoms with Gasteiger partial charge in [-0.3, -0.25) is 0 Å². The Morgan fingerprint density at radius 3 is 2.60 bits per heavy atom. The zero-order valence-electron chi connectivity index (χ0n) is 11.3. The van der Waals surface area contributed by atoms with E-state index in [1.165, 1.54) is 0 Å². The molecule has 2 rings (SSSR count). The molecular formula is C12H18N2O4S2. The number of aromatic nitrogens is 1. The Bertz CT molecular complexity index is 589. The Kier molecular flexibility index (Phi) is 4.77. The van der Waals surface area contributed by atoms with E-state index in [0.717, 1.165) is 30.6 Å². The second-order valence-corrected chi connectivity index (χ2v) is 8.08. The maximum absolute atomic E-state index is 12.1. The van der Waals surface area contributed by atoms with Gasteiger partial charge in [0.25, 0.3) is 0 Å². The molecule has 0 radical (unpaired) electrons. The number of nitrogens with one attached hydrogen (secondary N) is 1. The van der Waals surface area contributed by atoms with Crippen molar-refractivity contribution in [2.75, 3.05) is 0 Å². The minimum atomic E-state index is -3.34. The van der Waals surface area contributed by atoms with Crippen molar-refractivity contribution < 1.29 is 18.3 Å². The summed E-state index contributed by atoms with van der Waals surface area (Å²) >= 11 is 1.02. The summed E-state index contributed by atoms with van der Waals surface area (Å²) in [4.78, 5) is 15.2. The Balaban J connectivity index is 2.00. The average molecular weight is 318 g/mol. The van der Waals surface area contributed by atoms with Gasteiger partial charge in [-0.15, -0.1) is 11.3 Å². The molecule has 1 aliphatic rings. The van der Waals surface area contributed by atoms with Crippen LogP contribution in [0.15, 0.2) is 0 Å². The molecule has 0 aromatic carbocycles. The third-order valence-corrected chi connectivity index (χ3v) is 6.49. The number of hydrogen-bond acceptors (Lipinski definition) is 5. The maximum atomic E-state index is 12.1. The lowest BCUT2D eigenvalue weighted by Crippen LogP contribution is -2.35. The van der Waals surface area contributed by atoms with E-state index in [0.29, 0.717) is 23.5 Å². The molecule has 20 heavy (non-hydrogen) atoms. The van der Waals surface area contributed by atoms with E-state index < -0.39 is 16.0 Å². The van der Waals surface area contributed by atoms with Crippen LogP contribution in [0.5, 0.6) is 0 Å². The van der Waals surface area contributed by atoms with Crippen LogP contribution in [-0.2, 0) is 16.6 Å². The number of thiazole rings is 1. The number of carboxylic acid groups (broad SMARTS) is 1. The van der Waals surface area contributed by atoms with Crippen LogP contribution in [0.2, 0.25) is 0 Å². The number of sulfonamides is 1. The molecule has 0 saturated heterocycles. The Morgan fingerprint density at radius 2 is 2.05 bits per heavy atom. The zero-order chi connectivity index (χ0) is 14.8. The maximum Gasteiger partial charge on any atom is 0.347 e. The van der Waals surface area contributed by atoms with Crippen molar-refractivity contribution >= 4 is 27.3 Å². The van der Waals surface area contributed by atoms with Gasteiger partial charge in [0.1, 0.15) is 9.88 Å². The van der Waals surface area contributed by atoms with Crippen molar-refractivity contribution in [3.63, 3.8) is 0 Å². The minimum absolute atomic E-state index is 0.0671. The monoisotopic (exact) mass is 318 g/mol. The summed E-state index contributed by atoms with van der Waals surface area (Å²) in [7, 11) is -3.34. The standard InChI is InChI=1S/C12H18N2O4S2/c1-8-11(12(15)16)19-10(14-8)7-13-20(17,18)9-5-3-2-4-6-9/h9,13H,2-7H2,1H3,(H,15,16). The molecule has 112 valence electrons. The van der Waals surface area contributed by atoms with E-state index >= 15 is 0 Å². The largest absolute Gasteiger partial charge is 0.477 e. The lowest BCUT2D eigenvalue weighted by atomic mass is 10.0. The third kappa shape index (κ3) is 3.56. The lowest BCUT2D eigenvalue weighted by molar-refractivity contribution is 0.0701. The smallest absolute Gasteiger partial charge is 0.347 e. The van der Waals surface area contributed by atoms with Crippen molar-refractivity contribution in [2.24, 2.45) is 0 Å². The third-order valence-electron chi connectivity index (χ3n) is 3.45. The van der Waals surface area contributed by atoms with Gasteiger partial charge in [-0.05, 0) is 19.8 Å². The number of aromatic carboxylic acids is 1. The van der Waals surface area contributed by atoms with Gasteiger partial charge in [0.15, 0.2) is 0 Å². The molecule has 1 fully saturated rings. The first kappa shape index (κ1) is 15.4. The predicted molar refractivity (Wildman–Crippen MR) is 76.4 cm³/mol. The predicted octanol–water partition coefficient (Wildman–Crippen LogP) is 1.90. The van der Waals surface area contributed by atoms with Crippen LogP contribution in [0.3, 0.4) is 0 Å². The van der Waals surface area contributed by atoms with Gasteiger partial charge >= 0.3 is 5.97 Å². The Labute approximate surface area is 122 Å². The Morgan fingerprint density at radius 1 is 1.40 bits per heavy atom. The minimum Gasteiger partial charge on any atom is -0.477 e. The van der Waals surface area contributed by atoms with E-state index in [-0.39, 0.29) is 16.7 Å². The summed E-state index contributed by atoms with van der Waals surface area (Å²) in [6, 6.07) is 0. The lowest BCUT2D eigenvalue weighted by Gasteiger charge is -2.21. The summed E-state index contributed by atoms with van der Waals surface area (Å²) in [6.07, 6.45) is 4.40. The van der Waals surface area contributed by atoms with Gasteiger partial charge in [0.05, 0.1) is 17.5 Å². The summed E-state index contributed by atoms with van der Waals surface area (Å²) in [5.41, 5.74) is 0.425. The molecule has 1 saturated carbocycles. The van der Waals surface area contributed by atoms with E-state index in [2.05, 4.69) is 9.71 Å². The van der Waals surface area contributed by atoms with Gasteiger partial charge < -0.3 is 5.11 Å². The Hall–Kier alpha value is -0.990. The van der Waals surface area contributed by atoms with Crippen LogP contribution in [0.1, 0.15) is 52.5 Å². The first-order valence-corrected chi connectivity index (χ1v) is 8.94. The average Bonchev–Trinajstić information content (AvgIpc) is 2.79. The van der Waals surface area contributed by atoms with Crippen LogP contribution in [0.4, 0.5) is 0 Å². The SMILES string of the molecule is Cc1nc(CNS(=O)(=O)C2CCCCC2)sc1C(=O)O. The van der Waals surface area contributed by atoms with Gasteiger partial charge in [-0.25, -0.2) is 22.9 Å². The number of carboxylic acids is 1. The highest BCUT2D eigenvalue weighted by molar-refractivity contribution is 7.90. The molecule has 6 nitrogen and oxygen atoms in total. The molecule has 0 bridgehead atoms. The van der Waals surface area contributed by atoms with Crippen molar-refractivity contribution in [2.45, 2.75) is 50.8 Å².